The van der Waals surface area contributed by atoms with Crippen molar-refractivity contribution in [2.45, 2.75) is 26.4 Å². The molecule has 3 aromatic rings. The van der Waals surface area contributed by atoms with E-state index in [1.54, 1.807) is 16.8 Å². The van der Waals surface area contributed by atoms with E-state index in [1.165, 1.54) is 13.4 Å². The molecule has 0 saturated heterocycles. The van der Waals surface area contributed by atoms with Crippen LogP contribution in [0.1, 0.15) is 25.1 Å². The third-order valence-corrected chi connectivity index (χ3v) is 3.95. The van der Waals surface area contributed by atoms with Gasteiger partial charge >= 0.3 is 0 Å². The van der Waals surface area contributed by atoms with Crippen molar-refractivity contribution >= 4 is 29.7 Å². The van der Waals surface area contributed by atoms with Gasteiger partial charge in [0.05, 0.1) is 5.69 Å². The van der Waals surface area contributed by atoms with Crippen LogP contribution in [-0.2, 0) is 10.4 Å². The number of fused-ring (bicyclic) bond motifs is 1. The van der Waals surface area contributed by atoms with Crippen molar-refractivity contribution in [2.24, 2.45) is 5.16 Å². The summed E-state index contributed by atoms with van der Waals surface area (Å²) >= 11 is 6.03. The molecule has 0 amide bonds. The smallest absolute Gasteiger partial charge is 0.254 e. The van der Waals surface area contributed by atoms with Crippen molar-refractivity contribution in [1.29, 1.82) is 0 Å². The molecule has 0 radical (unpaired) electrons. The van der Waals surface area contributed by atoms with E-state index >= 15 is 0 Å². The molecule has 0 atom stereocenters. The molecular weight excluding hydrogens is 356 g/mol. The van der Waals surface area contributed by atoms with E-state index in [0.29, 0.717) is 16.7 Å². The second-order valence-electron chi connectivity index (χ2n) is 6.06. The Morgan fingerprint density at radius 1 is 1.31 bits per heavy atom. The number of rotatable bonds is 6. The number of benzene rings is 1. The quantitative estimate of drug-likeness (QED) is 0.404. The summed E-state index contributed by atoms with van der Waals surface area (Å²) in [5.74, 6) is 1.54. The van der Waals surface area contributed by atoms with E-state index in [0.717, 1.165) is 17.0 Å². The van der Waals surface area contributed by atoms with Gasteiger partial charge < -0.3 is 14.9 Å². The second-order valence-corrected chi connectivity index (χ2v) is 6.50. The first-order valence-corrected chi connectivity index (χ1v) is 8.27. The summed E-state index contributed by atoms with van der Waals surface area (Å²) in [4.78, 5) is 13.1. The maximum Gasteiger partial charge on any atom is 0.254 e. The molecule has 26 heavy (non-hydrogen) atoms. The summed E-state index contributed by atoms with van der Waals surface area (Å²) in [5.41, 5.74) is 1.06. The van der Waals surface area contributed by atoms with E-state index in [2.05, 4.69) is 30.4 Å². The molecule has 0 aliphatic heterocycles. The van der Waals surface area contributed by atoms with Gasteiger partial charge in [0.15, 0.2) is 0 Å². The Morgan fingerprint density at radius 2 is 2.12 bits per heavy atom. The van der Waals surface area contributed by atoms with Crippen LogP contribution >= 0.6 is 11.6 Å². The van der Waals surface area contributed by atoms with Crippen molar-refractivity contribution in [3.63, 3.8) is 0 Å². The van der Waals surface area contributed by atoms with Gasteiger partial charge in [0.2, 0.25) is 5.95 Å². The van der Waals surface area contributed by atoms with Gasteiger partial charge in [0.25, 0.3) is 5.78 Å². The Balaban J connectivity index is 1.95. The molecule has 0 unspecified atom stereocenters. The number of oxime groups is 1. The van der Waals surface area contributed by atoms with E-state index in [1.807, 2.05) is 39.0 Å². The lowest BCUT2D eigenvalue weighted by molar-refractivity contribution is 0.100. The number of hydrogen-bond acceptors (Lipinski definition) is 6. The van der Waals surface area contributed by atoms with Gasteiger partial charge in [-0.25, -0.2) is 4.98 Å². The SMILES string of the molecule is CO/N=C\Nc1nc2nccc(C(C)(C)Oc3ccc(Cl)cc3C)n2n1. The molecule has 2 aromatic heterocycles. The summed E-state index contributed by atoms with van der Waals surface area (Å²) in [5, 5.41) is 11.5. The number of anilines is 1. The normalized spacial score (nSPS) is 11.9. The van der Waals surface area contributed by atoms with Crippen LogP contribution in [0.15, 0.2) is 35.6 Å². The molecular formula is C17H19ClN6O2. The van der Waals surface area contributed by atoms with Crippen LogP contribution < -0.4 is 10.1 Å². The average Bonchev–Trinajstić information content (AvgIpc) is 3.00. The van der Waals surface area contributed by atoms with Gasteiger partial charge in [0, 0.05) is 11.2 Å². The van der Waals surface area contributed by atoms with E-state index in [-0.39, 0.29) is 0 Å². The van der Waals surface area contributed by atoms with Crippen molar-refractivity contribution < 1.29 is 9.57 Å². The second kappa shape index (κ2) is 7.17. The Hall–Kier alpha value is -2.87. The zero-order valence-electron chi connectivity index (χ0n) is 14.9. The minimum absolute atomic E-state index is 0.351. The topological polar surface area (TPSA) is 85.9 Å². The number of hydrogen-bond donors (Lipinski definition) is 1. The van der Waals surface area contributed by atoms with Gasteiger partial charge in [-0.3, -0.25) is 0 Å². The highest BCUT2D eigenvalue weighted by Crippen LogP contribution is 2.31. The third-order valence-electron chi connectivity index (χ3n) is 3.71. The fraction of sp³-hybridized carbons (Fsp3) is 0.294. The van der Waals surface area contributed by atoms with Crippen LogP contribution in [0.2, 0.25) is 5.02 Å². The first kappa shape index (κ1) is 17.9. The minimum Gasteiger partial charge on any atom is -0.481 e. The van der Waals surface area contributed by atoms with E-state index in [4.69, 9.17) is 16.3 Å². The molecule has 0 fully saturated rings. The lowest BCUT2D eigenvalue weighted by atomic mass is 10.0. The molecule has 3 rings (SSSR count). The molecule has 0 bridgehead atoms. The number of aryl methyl sites for hydroxylation is 1. The molecule has 0 spiro atoms. The largest absolute Gasteiger partial charge is 0.481 e. The van der Waals surface area contributed by atoms with Gasteiger partial charge in [-0.05, 0) is 50.6 Å². The molecule has 1 N–H and O–H groups in total. The lowest BCUT2D eigenvalue weighted by Gasteiger charge is -2.27. The van der Waals surface area contributed by atoms with Gasteiger partial charge in [0.1, 0.15) is 24.8 Å². The fourth-order valence-electron chi connectivity index (χ4n) is 2.50. The highest BCUT2D eigenvalue weighted by molar-refractivity contribution is 6.30. The summed E-state index contributed by atoms with van der Waals surface area (Å²) in [7, 11) is 1.45. The first-order valence-electron chi connectivity index (χ1n) is 7.89. The maximum atomic E-state index is 6.25. The van der Waals surface area contributed by atoms with Crippen molar-refractivity contribution in [2.75, 3.05) is 12.4 Å². The molecule has 9 heteroatoms. The van der Waals surface area contributed by atoms with Gasteiger partial charge in [-0.2, -0.15) is 9.50 Å². The standard InChI is InChI=1S/C17H19ClN6O2/c1-11-9-12(18)5-6-13(11)26-17(2,3)14-7-8-19-16-22-15(23-24(14)16)20-10-21-25-4/h5-10H,1-4H3,(H,20,21,23). The molecule has 0 aliphatic rings. The number of nitrogens with zero attached hydrogens (tertiary/aromatic N) is 5. The Labute approximate surface area is 155 Å². The number of aromatic nitrogens is 4. The molecule has 0 aliphatic carbocycles. The van der Waals surface area contributed by atoms with Crippen LogP contribution in [0, 0.1) is 6.92 Å². The molecule has 0 saturated carbocycles. The van der Waals surface area contributed by atoms with Crippen LogP contribution in [0.3, 0.4) is 0 Å². The summed E-state index contributed by atoms with van der Waals surface area (Å²) in [6.07, 6.45) is 3.03. The zero-order chi connectivity index (χ0) is 18.7. The monoisotopic (exact) mass is 374 g/mol. The number of nitrogens with one attached hydrogen (secondary N) is 1. The summed E-state index contributed by atoms with van der Waals surface area (Å²) in [6.45, 7) is 5.86. The van der Waals surface area contributed by atoms with E-state index < -0.39 is 5.60 Å². The number of halogens is 1. The summed E-state index contributed by atoms with van der Waals surface area (Å²) < 4.78 is 7.88. The fourth-order valence-corrected chi connectivity index (χ4v) is 2.73. The van der Waals surface area contributed by atoms with Crippen LogP contribution in [0.25, 0.3) is 5.78 Å². The molecule has 1 aromatic carbocycles. The predicted octanol–water partition coefficient (Wildman–Crippen LogP) is 3.40. The van der Waals surface area contributed by atoms with Crippen molar-refractivity contribution in [3.05, 3.63) is 46.7 Å². The Bertz CT molecular complexity index is 954. The lowest BCUT2D eigenvalue weighted by Crippen LogP contribution is -2.29. The van der Waals surface area contributed by atoms with Crippen LogP contribution in [0.4, 0.5) is 5.95 Å². The highest BCUT2D eigenvalue weighted by atomic mass is 35.5. The van der Waals surface area contributed by atoms with Crippen molar-refractivity contribution in [3.8, 4) is 5.75 Å². The predicted molar refractivity (Wildman–Crippen MR) is 99.7 cm³/mol. The third kappa shape index (κ3) is 3.70. The maximum absolute atomic E-state index is 6.25. The first-order chi connectivity index (χ1) is 12.4. The average molecular weight is 375 g/mol. The van der Waals surface area contributed by atoms with Crippen LogP contribution in [0.5, 0.6) is 5.75 Å². The van der Waals surface area contributed by atoms with E-state index in [9.17, 15) is 0 Å². The van der Waals surface area contributed by atoms with Gasteiger partial charge in [-0.15, -0.1) is 5.10 Å². The Morgan fingerprint density at radius 3 is 2.85 bits per heavy atom. The zero-order valence-corrected chi connectivity index (χ0v) is 15.7. The highest BCUT2D eigenvalue weighted by Gasteiger charge is 2.28. The van der Waals surface area contributed by atoms with Crippen molar-refractivity contribution in [1.82, 2.24) is 19.6 Å². The minimum atomic E-state index is -0.689. The van der Waals surface area contributed by atoms with Crippen LogP contribution in [-0.4, -0.2) is 33.0 Å². The molecule has 8 nitrogen and oxygen atoms in total. The number of ether oxygens (including phenoxy) is 1. The van der Waals surface area contributed by atoms with Gasteiger partial charge in [-0.1, -0.05) is 16.8 Å². The molecule has 136 valence electrons. The summed E-state index contributed by atoms with van der Waals surface area (Å²) in [6, 6.07) is 7.36. The Kier molecular flexibility index (Phi) is 4.94. The molecule has 2 heterocycles.